The number of nitrogens with zero attached hydrogens (tertiary/aromatic N) is 3. The van der Waals surface area contributed by atoms with E-state index in [1.54, 1.807) is 13.2 Å². The van der Waals surface area contributed by atoms with E-state index in [2.05, 4.69) is 34.6 Å². The van der Waals surface area contributed by atoms with Gasteiger partial charge in [0, 0.05) is 36.1 Å². The Morgan fingerprint density at radius 2 is 1.91 bits per heavy atom. The number of amides is 1. The third-order valence-corrected chi connectivity index (χ3v) is 5.42. The number of aliphatic imine (C=N–C) groups is 1. The zero-order valence-electron chi connectivity index (χ0n) is 19.4. The first-order valence-electron chi connectivity index (χ1n) is 10.8. The Bertz CT molecular complexity index is 1120. The van der Waals surface area contributed by atoms with Crippen molar-refractivity contribution in [2.24, 2.45) is 4.99 Å². The van der Waals surface area contributed by atoms with Crippen LogP contribution in [0.1, 0.15) is 39.8 Å². The van der Waals surface area contributed by atoms with Crippen molar-refractivity contribution in [2.75, 3.05) is 19.0 Å². The van der Waals surface area contributed by atoms with Crippen LogP contribution < -0.4 is 15.4 Å². The first-order valence-corrected chi connectivity index (χ1v) is 10.8. The molecule has 0 saturated heterocycles. The van der Waals surface area contributed by atoms with Crippen molar-refractivity contribution in [3.8, 4) is 5.75 Å². The number of aryl methyl sites for hydroxylation is 3. The number of guanidine groups is 1. The predicted molar refractivity (Wildman–Crippen MR) is 129 cm³/mol. The summed E-state index contributed by atoms with van der Waals surface area (Å²) in [6.45, 7) is 9.45. The van der Waals surface area contributed by atoms with Crippen LogP contribution in [0.25, 0.3) is 0 Å². The van der Waals surface area contributed by atoms with Crippen molar-refractivity contribution in [1.29, 1.82) is 0 Å². The van der Waals surface area contributed by atoms with Crippen LogP contribution in [0.15, 0.2) is 53.5 Å². The molecule has 0 radical (unpaired) electrons. The van der Waals surface area contributed by atoms with Gasteiger partial charge in [-0.1, -0.05) is 24.3 Å². The van der Waals surface area contributed by atoms with E-state index in [1.807, 2.05) is 61.0 Å². The number of ether oxygens (including phenoxy) is 1. The van der Waals surface area contributed by atoms with Crippen LogP contribution in [0.4, 0.5) is 5.69 Å². The fourth-order valence-corrected chi connectivity index (χ4v) is 3.63. The van der Waals surface area contributed by atoms with E-state index < -0.39 is 0 Å². The maximum Gasteiger partial charge on any atom is 0.258 e. The Balaban J connectivity index is 1.81. The number of methoxy groups -OCH3 is 1. The topological polar surface area (TPSA) is 80.5 Å². The summed E-state index contributed by atoms with van der Waals surface area (Å²) in [5, 5.41) is 10.7. The summed E-state index contributed by atoms with van der Waals surface area (Å²) < 4.78 is 7.31. The highest BCUT2D eigenvalue weighted by Gasteiger charge is 2.13. The molecule has 0 aliphatic carbocycles. The molecule has 168 valence electrons. The molecule has 1 amide bonds. The summed E-state index contributed by atoms with van der Waals surface area (Å²) in [5.41, 5.74) is 5.67. The molecule has 0 aliphatic heterocycles. The molecule has 2 aromatic carbocycles. The van der Waals surface area contributed by atoms with E-state index in [4.69, 9.17) is 4.74 Å². The molecule has 7 nitrogen and oxygen atoms in total. The minimum absolute atomic E-state index is 0.205. The van der Waals surface area contributed by atoms with Crippen LogP contribution in [0.3, 0.4) is 0 Å². The second-order valence-electron chi connectivity index (χ2n) is 7.57. The van der Waals surface area contributed by atoms with Gasteiger partial charge in [0.1, 0.15) is 5.75 Å². The molecule has 0 fully saturated rings. The smallest absolute Gasteiger partial charge is 0.258 e. The van der Waals surface area contributed by atoms with Gasteiger partial charge in [-0.2, -0.15) is 5.10 Å². The van der Waals surface area contributed by atoms with Gasteiger partial charge in [-0.25, -0.2) is 0 Å². The summed E-state index contributed by atoms with van der Waals surface area (Å²) in [4.78, 5) is 17.6. The largest absolute Gasteiger partial charge is 0.497 e. The number of carbonyl (C=O) groups excluding carboxylic acids is 1. The maximum atomic E-state index is 12.9. The lowest BCUT2D eigenvalue weighted by Gasteiger charge is -2.13. The normalized spacial score (nSPS) is 11.3. The van der Waals surface area contributed by atoms with Gasteiger partial charge in [-0.05, 0) is 63.4 Å². The number of nitrogens with one attached hydrogen (secondary N) is 2. The molecule has 1 heterocycles. The number of benzene rings is 2. The summed E-state index contributed by atoms with van der Waals surface area (Å²) >= 11 is 0. The van der Waals surface area contributed by atoms with Crippen LogP contribution >= 0.6 is 0 Å². The summed E-state index contributed by atoms with van der Waals surface area (Å²) in [6.07, 6.45) is 0.737. The molecule has 2 N–H and O–H groups in total. The fourth-order valence-electron chi connectivity index (χ4n) is 3.63. The van der Waals surface area contributed by atoms with Crippen LogP contribution in [0.5, 0.6) is 5.75 Å². The van der Waals surface area contributed by atoms with E-state index in [9.17, 15) is 4.79 Å². The van der Waals surface area contributed by atoms with Gasteiger partial charge < -0.3 is 10.1 Å². The lowest BCUT2D eigenvalue weighted by atomic mass is 10.1. The number of anilines is 1. The average Bonchev–Trinajstić information content (AvgIpc) is 3.07. The fraction of sp³-hybridized carbons (Fsp3) is 0.320. The van der Waals surface area contributed by atoms with Crippen LogP contribution in [0.2, 0.25) is 0 Å². The highest BCUT2D eigenvalue weighted by molar-refractivity contribution is 6.10. The van der Waals surface area contributed by atoms with Gasteiger partial charge in [0.15, 0.2) is 0 Å². The SMILES string of the molecule is CCn1nc(C)c(CCN=C(NC(=O)c2ccccc2C)Nc2cccc(OC)c2)c1C. The van der Waals surface area contributed by atoms with E-state index >= 15 is 0 Å². The molecular formula is C25H31N5O2. The van der Waals surface area contributed by atoms with Gasteiger partial charge in [0.05, 0.1) is 12.8 Å². The van der Waals surface area contributed by atoms with E-state index in [0.29, 0.717) is 18.1 Å². The van der Waals surface area contributed by atoms with E-state index in [0.717, 1.165) is 41.4 Å². The number of aromatic nitrogens is 2. The molecule has 0 atom stereocenters. The molecule has 0 saturated carbocycles. The van der Waals surface area contributed by atoms with Crippen molar-refractivity contribution in [2.45, 2.75) is 40.7 Å². The first-order chi connectivity index (χ1) is 15.4. The van der Waals surface area contributed by atoms with Crippen molar-refractivity contribution in [3.63, 3.8) is 0 Å². The summed E-state index contributed by atoms with van der Waals surface area (Å²) in [5.74, 6) is 0.908. The lowest BCUT2D eigenvalue weighted by Crippen LogP contribution is -2.36. The minimum atomic E-state index is -0.205. The van der Waals surface area contributed by atoms with Crippen LogP contribution in [0, 0.1) is 20.8 Å². The molecule has 32 heavy (non-hydrogen) atoms. The quantitative estimate of drug-likeness (QED) is 0.431. The summed E-state index contributed by atoms with van der Waals surface area (Å²) in [6, 6.07) is 15.0. The van der Waals surface area contributed by atoms with Gasteiger partial charge in [-0.3, -0.25) is 19.8 Å². The molecule has 1 aromatic heterocycles. The Kier molecular flexibility index (Phi) is 7.65. The molecule has 3 aromatic rings. The van der Waals surface area contributed by atoms with Crippen molar-refractivity contribution >= 4 is 17.6 Å². The monoisotopic (exact) mass is 433 g/mol. The van der Waals surface area contributed by atoms with Crippen molar-refractivity contribution in [3.05, 3.63) is 76.6 Å². The third-order valence-electron chi connectivity index (χ3n) is 5.42. The average molecular weight is 434 g/mol. The van der Waals surface area contributed by atoms with Crippen LogP contribution in [-0.4, -0.2) is 35.3 Å². The van der Waals surface area contributed by atoms with E-state index in [1.165, 1.54) is 5.56 Å². The van der Waals surface area contributed by atoms with Crippen molar-refractivity contribution < 1.29 is 9.53 Å². The molecular weight excluding hydrogens is 402 g/mol. The Hall–Kier alpha value is -3.61. The maximum absolute atomic E-state index is 12.9. The predicted octanol–water partition coefficient (Wildman–Crippen LogP) is 4.28. The van der Waals surface area contributed by atoms with Gasteiger partial charge in [-0.15, -0.1) is 0 Å². The van der Waals surface area contributed by atoms with Crippen LogP contribution in [-0.2, 0) is 13.0 Å². The number of rotatable bonds is 7. The number of carbonyl (C=O) groups is 1. The second-order valence-corrected chi connectivity index (χ2v) is 7.57. The van der Waals surface area contributed by atoms with Gasteiger partial charge >= 0.3 is 0 Å². The van der Waals surface area contributed by atoms with Gasteiger partial charge in [0.2, 0.25) is 5.96 Å². The molecule has 0 aliphatic rings. The zero-order chi connectivity index (χ0) is 23.1. The number of hydrogen-bond acceptors (Lipinski definition) is 4. The number of hydrogen-bond donors (Lipinski definition) is 2. The highest BCUT2D eigenvalue weighted by atomic mass is 16.5. The molecule has 7 heteroatoms. The molecule has 0 unspecified atom stereocenters. The highest BCUT2D eigenvalue weighted by Crippen LogP contribution is 2.17. The molecule has 3 rings (SSSR count). The first kappa shape index (κ1) is 23.1. The Morgan fingerprint density at radius 3 is 2.59 bits per heavy atom. The molecule has 0 bridgehead atoms. The molecule has 0 spiro atoms. The zero-order valence-corrected chi connectivity index (χ0v) is 19.4. The Morgan fingerprint density at radius 1 is 1.12 bits per heavy atom. The second kappa shape index (κ2) is 10.6. The Labute approximate surface area is 189 Å². The third kappa shape index (κ3) is 5.55. The standard InChI is InChI=1S/C25H31N5O2/c1-6-30-19(4)23(18(3)29-30)14-15-26-25(27-20-11-9-12-21(16-20)32-5)28-24(31)22-13-8-7-10-17(22)2/h7-13,16H,6,14-15H2,1-5H3,(H2,26,27,28,31). The minimum Gasteiger partial charge on any atom is -0.497 e. The van der Waals surface area contributed by atoms with Gasteiger partial charge in [0.25, 0.3) is 5.91 Å². The van der Waals surface area contributed by atoms with E-state index in [-0.39, 0.29) is 5.91 Å². The lowest BCUT2D eigenvalue weighted by molar-refractivity contribution is 0.0976. The van der Waals surface area contributed by atoms with Crippen molar-refractivity contribution in [1.82, 2.24) is 15.1 Å². The summed E-state index contributed by atoms with van der Waals surface area (Å²) in [7, 11) is 1.62.